The SMILES string of the molecule is C=C=COOCCCCCCCC.CCCCCCCCOC(=O)CCP1(=O)Oc2ccccc2-c2ccccc21.O=[p+]1oc2ccccc2c2ccccc21. The first-order valence-corrected chi connectivity index (χ1v) is 23.0. The van der Waals surface area contributed by atoms with Gasteiger partial charge < -0.3 is 14.1 Å². The van der Waals surface area contributed by atoms with Crippen LogP contribution in [0.1, 0.15) is 97.3 Å². The monoisotopic (exact) mass is 799 g/mol. The van der Waals surface area contributed by atoms with Crippen LogP contribution >= 0.6 is 15.0 Å². The van der Waals surface area contributed by atoms with E-state index >= 15 is 0 Å². The number of hydrogen-bond donors (Lipinski definition) is 0. The van der Waals surface area contributed by atoms with Gasteiger partial charge in [-0.1, -0.05) is 157 Å². The van der Waals surface area contributed by atoms with Crippen LogP contribution in [0.3, 0.4) is 0 Å². The molecule has 0 spiro atoms. The van der Waals surface area contributed by atoms with Gasteiger partial charge in [0.05, 0.1) is 24.9 Å². The van der Waals surface area contributed by atoms with E-state index in [1.54, 1.807) is 0 Å². The molecule has 0 bridgehead atoms. The summed E-state index contributed by atoms with van der Waals surface area (Å²) >= 11 is 0. The Kier molecular flexibility index (Phi) is 19.7. The molecule has 56 heavy (non-hydrogen) atoms. The van der Waals surface area contributed by atoms with Crippen LogP contribution in [0.25, 0.3) is 32.6 Å². The minimum absolute atomic E-state index is 0.101. The van der Waals surface area contributed by atoms with Crippen molar-refractivity contribution < 1.29 is 37.2 Å². The lowest BCUT2D eigenvalue weighted by Crippen LogP contribution is -2.21. The molecule has 2 atom stereocenters. The summed E-state index contributed by atoms with van der Waals surface area (Å²) in [5, 5.41) is 3.51. The summed E-state index contributed by atoms with van der Waals surface area (Å²) < 4.78 is 42.0. The predicted octanol–water partition coefficient (Wildman–Crippen LogP) is 13.9. The smallest absolute Gasteiger partial charge is 0.466 e. The molecule has 0 saturated heterocycles. The Labute approximate surface area is 333 Å². The van der Waals surface area contributed by atoms with E-state index in [0.717, 1.165) is 46.3 Å². The van der Waals surface area contributed by atoms with Crippen molar-refractivity contribution >= 4 is 47.8 Å². The minimum Gasteiger partial charge on any atom is -0.466 e. The highest BCUT2D eigenvalue weighted by Crippen LogP contribution is 2.54. The van der Waals surface area contributed by atoms with Crippen molar-refractivity contribution in [2.45, 2.75) is 97.3 Å². The van der Waals surface area contributed by atoms with Gasteiger partial charge in [0.1, 0.15) is 5.75 Å². The number of rotatable bonds is 19. The fourth-order valence-electron chi connectivity index (χ4n) is 6.35. The molecule has 0 fully saturated rings. The average molecular weight is 800 g/mol. The summed E-state index contributed by atoms with van der Waals surface area (Å²) in [5.41, 5.74) is 5.03. The van der Waals surface area contributed by atoms with E-state index in [9.17, 15) is 13.9 Å². The molecule has 1 aromatic heterocycles. The molecule has 0 radical (unpaired) electrons. The Bertz CT molecular complexity index is 2100. The van der Waals surface area contributed by atoms with Crippen molar-refractivity contribution in [3.8, 4) is 16.9 Å². The van der Waals surface area contributed by atoms with E-state index in [1.165, 1.54) is 64.0 Å². The largest absolute Gasteiger partial charge is 0.597 e. The third kappa shape index (κ3) is 13.9. The van der Waals surface area contributed by atoms with Crippen LogP contribution in [-0.4, -0.2) is 25.3 Å². The Hall–Kier alpha value is -4.44. The van der Waals surface area contributed by atoms with Crippen LogP contribution in [-0.2, 0) is 28.4 Å². The van der Waals surface area contributed by atoms with Crippen molar-refractivity contribution in [2.75, 3.05) is 19.4 Å². The molecule has 1 aliphatic heterocycles. The molecule has 0 aliphatic carbocycles. The maximum absolute atomic E-state index is 13.6. The normalized spacial score (nSPS) is 14.1. The lowest BCUT2D eigenvalue weighted by Gasteiger charge is -2.28. The third-order valence-electron chi connectivity index (χ3n) is 9.31. The van der Waals surface area contributed by atoms with E-state index in [4.69, 9.17) is 18.3 Å². The van der Waals surface area contributed by atoms with Crippen LogP contribution in [0.5, 0.6) is 5.75 Å². The van der Waals surface area contributed by atoms with Crippen molar-refractivity contribution in [1.29, 1.82) is 0 Å². The Morgan fingerprint density at radius 2 is 1.32 bits per heavy atom. The van der Waals surface area contributed by atoms with Crippen molar-refractivity contribution in [2.24, 2.45) is 0 Å². The van der Waals surface area contributed by atoms with Gasteiger partial charge in [-0.05, 0) is 53.3 Å². The van der Waals surface area contributed by atoms with E-state index in [-0.39, 0.29) is 18.6 Å². The fourth-order valence-corrected chi connectivity index (χ4v) is 9.64. The molecule has 0 N–H and O–H groups in total. The number of esters is 1. The van der Waals surface area contributed by atoms with E-state index in [2.05, 4.69) is 31.0 Å². The van der Waals surface area contributed by atoms with Gasteiger partial charge in [-0.3, -0.25) is 9.36 Å². The molecule has 6 rings (SSSR count). The fraction of sp³-hybridized carbons (Fsp3) is 0.391. The number of ether oxygens (including phenoxy) is 1. The van der Waals surface area contributed by atoms with Gasteiger partial charge in [-0.15, -0.1) is 0 Å². The zero-order chi connectivity index (χ0) is 39.9. The molecule has 4 aromatic carbocycles. The number of benzene rings is 4. The van der Waals surface area contributed by atoms with Gasteiger partial charge in [-0.2, -0.15) is 4.89 Å². The Morgan fingerprint density at radius 1 is 0.732 bits per heavy atom. The highest BCUT2D eigenvalue weighted by Gasteiger charge is 2.36. The van der Waals surface area contributed by atoms with E-state index in [0.29, 0.717) is 29.9 Å². The molecule has 2 heterocycles. The van der Waals surface area contributed by atoms with Gasteiger partial charge in [0, 0.05) is 22.5 Å². The van der Waals surface area contributed by atoms with Gasteiger partial charge >= 0.3 is 13.6 Å². The summed E-state index contributed by atoms with van der Waals surface area (Å²) in [6, 6.07) is 30.5. The molecule has 0 saturated carbocycles. The second kappa shape index (κ2) is 24.9. The standard InChI is InChI=1S/C23H29O4P.C12H8O2P.C11H20O2/c1-2-3-4-5-6-11-17-26-23(24)16-18-28(25)22-15-10-8-13-20(22)19-12-7-9-14-21(19)27-28;13-15-12-8-4-2-6-10(12)9-5-1-3-7-11(9)14-15;1-3-5-6-7-8-9-11-13-12-10-4-2/h7-10,12-15H,2-6,11,16-18H2,1H3;1-8H;10H,2-3,5-9,11H2,1H3/q;+1;. The lowest BCUT2D eigenvalue weighted by atomic mass is 10.0. The van der Waals surface area contributed by atoms with E-state index in [1.807, 2.05) is 97.1 Å². The van der Waals surface area contributed by atoms with Crippen LogP contribution < -0.4 is 9.83 Å². The Morgan fingerprint density at radius 3 is 2.05 bits per heavy atom. The summed E-state index contributed by atoms with van der Waals surface area (Å²) in [7, 11) is -4.89. The third-order valence-corrected chi connectivity index (χ3v) is 12.9. The van der Waals surface area contributed by atoms with Crippen molar-refractivity contribution in [1.82, 2.24) is 0 Å². The Balaban J connectivity index is 0.000000208. The maximum Gasteiger partial charge on any atom is 0.597 e. The zero-order valence-corrected chi connectivity index (χ0v) is 34.8. The molecule has 8 nitrogen and oxygen atoms in total. The van der Waals surface area contributed by atoms with E-state index < -0.39 is 15.0 Å². The number of para-hydroxylation sites is 2. The number of unbranched alkanes of at least 4 members (excludes halogenated alkanes) is 10. The highest BCUT2D eigenvalue weighted by molar-refractivity contribution is 7.67. The molecule has 0 amide bonds. The molecule has 2 unspecified atom stereocenters. The summed E-state index contributed by atoms with van der Waals surface area (Å²) in [6.07, 6.45) is 16.0. The maximum atomic E-state index is 13.6. The number of carbonyl (C=O) groups is 1. The minimum atomic E-state index is -3.15. The molecule has 298 valence electrons. The lowest BCUT2D eigenvalue weighted by molar-refractivity contribution is -0.248. The first kappa shape index (κ1) is 44.3. The predicted molar refractivity (Wildman–Crippen MR) is 229 cm³/mol. The summed E-state index contributed by atoms with van der Waals surface area (Å²) in [4.78, 5) is 21.6. The second-order valence-corrected chi connectivity index (χ2v) is 17.2. The quantitative estimate of drug-likeness (QED) is 0.0119. The average Bonchev–Trinajstić information content (AvgIpc) is 3.23. The molecule has 10 heteroatoms. The first-order valence-electron chi connectivity index (χ1n) is 20.0. The van der Waals surface area contributed by atoms with Gasteiger partial charge in [-0.25, -0.2) is 4.20 Å². The summed E-state index contributed by atoms with van der Waals surface area (Å²) in [6.45, 7) is 8.86. The number of fused-ring (bicyclic) bond motifs is 6. The van der Waals surface area contributed by atoms with Crippen LogP contribution in [0.15, 0.2) is 120 Å². The second-order valence-electron chi connectivity index (χ2n) is 13.6. The van der Waals surface area contributed by atoms with Crippen LogP contribution in [0.4, 0.5) is 0 Å². The van der Waals surface area contributed by atoms with Crippen molar-refractivity contribution in [3.63, 3.8) is 0 Å². The first-order chi connectivity index (χ1) is 27.4. The molecule has 5 aromatic rings. The zero-order valence-electron chi connectivity index (χ0n) is 33.0. The number of hydrogen-bond acceptors (Lipinski definition) is 8. The highest BCUT2D eigenvalue weighted by atomic mass is 31.2. The van der Waals surface area contributed by atoms with Crippen LogP contribution in [0, 0.1) is 0 Å². The number of carbonyl (C=O) groups excluding carboxylic acids is 1. The van der Waals surface area contributed by atoms with Crippen LogP contribution in [0.2, 0.25) is 0 Å². The molecule has 1 aliphatic rings. The topological polar surface area (TPSA) is 101 Å². The summed E-state index contributed by atoms with van der Waals surface area (Å²) in [5.74, 6) is 0.314. The molecular weight excluding hydrogens is 742 g/mol. The molecular formula is C46H57O8P2+. The van der Waals surface area contributed by atoms with Gasteiger partial charge in [0.15, 0.2) is 11.8 Å². The van der Waals surface area contributed by atoms with Crippen molar-refractivity contribution in [3.05, 3.63) is 116 Å². The van der Waals surface area contributed by atoms with Gasteiger partial charge in [0.2, 0.25) is 5.12 Å². The van der Waals surface area contributed by atoms with Gasteiger partial charge in [0.25, 0.3) is 7.37 Å².